The van der Waals surface area contributed by atoms with E-state index < -0.39 is 15.6 Å². The zero-order valence-electron chi connectivity index (χ0n) is 10.3. The fraction of sp³-hybridized carbons (Fsp3) is 0.455. The van der Waals surface area contributed by atoms with Crippen LogP contribution in [0.5, 0.6) is 0 Å². The first kappa shape index (κ1) is 15.2. The number of halogens is 1. The number of aliphatic hydroxyl groups excluding tert-OH is 1. The van der Waals surface area contributed by atoms with Crippen molar-refractivity contribution in [1.82, 2.24) is 4.72 Å². The molecule has 4 N–H and O–H groups in total. The van der Waals surface area contributed by atoms with Crippen LogP contribution in [0.3, 0.4) is 0 Å². The highest BCUT2D eigenvalue weighted by atomic mass is 35.5. The van der Waals surface area contributed by atoms with Crippen LogP contribution in [0.25, 0.3) is 0 Å². The molecule has 0 aliphatic carbocycles. The Morgan fingerprint density at radius 3 is 2.56 bits per heavy atom. The van der Waals surface area contributed by atoms with Gasteiger partial charge in [0.15, 0.2) is 0 Å². The molecule has 0 aromatic heterocycles. The topological polar surface area (TPSA) is 92.4 Å². The van der Waals surface area contributed by atoms with Crippen molar-refractivity contribution >= 4 is 27.3 Å². The molecule has 1 atom stereocenters. The van der Waals surface area contributed by atoms with Gasteiger partial charge in [0.1, 0.15) is 4.90 Å². The number of hydrogen-bond acceptors (Lipinski definition) is 4. The molecule has 0 bridgehead atoms. The lowest BCUT2D eigenvalue weighted by Gasteiger charge is -2.27. The summed E-state index contributed by atoms with van der Waals surface area (Å²) < 4.78 is 26.9. The number of nitrogens with two attached hydrogens (primary N) is 1. The zero-order chi connectivity index (χ0) is 14.0. The Hall–Kier alpha value is -0.820. The van der Waals surface area contributed by atoms with Crippen molar-refractivity contribution in [1.29, 1.82) is 0 Å². The lowest BCUT2D eigenvalue weighted by Crippen LogP contribution is -2.48. The maximum atomic E-state index is 12.2. The van der Waals surface area contributed by atoms with Crippen molar-refractivity contribution in [2.45, 2.75) is 30.7 Å². The Bertz CT molecular complexity index is 507. The van der Waals surface area contributed by atoms with Gasteiger partial charge >= 0.3 is 0 Å². The van der Waals surface area contributed by atoms with E-state index in [1.54, 1.807) is 19.9 Å². The minimum atomic E-state index is -3.87. The second-order valence-corrected chi connectivity index (χ2v) is 6.36. The molecule has 0 heterocycles. The van der Waals surface area contributed by atoms with Gasteiger partial charge in [-0.3, -0.25) is 0 Å². The Labute approximate surface area is 112 Å². The molecule has 1 unspecified atom stereocenters. The van der Waals surface area contributed by atoms with Crippen molar-refractivity contribution in [2.24, 2.45) is 0 Å². The Balaban J connectivity index is 3.23. The van der Waals surface area contributed by atoms with Gasteiger partial charge in [0.05, 0.1) is 22.9 Å². The van der Waals surface area contributed by atoms with E-state index in [0.717, 1.165) is 0 Å². The molecule has 7 heteroatoms. The van der Waals surface area contributed by atoms with Gasteiger partial charge < -0.3 is 10.8 Å². The third-order valence-electron chi connectivity index (χ3n) is 2.78. The number of rotatable bonds is 5. The molecule has 0 saturated carbocycles. The molecular formula is C11H17ClN2O3S. The first-order valence-electron chi connectivity index (χ1n) is 5.44. The quantitative estimate of drug-likeness (QED) is 0.715. The molecule has 0 aliphatic rings. The molecule has 0 amide bonds. The SMILES string of the molecule is CCC(C)(CO)NS(=O)(=O)c1c(N)cccc1Cl. The minimum absolute atomic E-state index is 0.0545. The van der Waals surface area contributed by atoms with Crippen LogP contribution < -0.4 is 10.5 Å². The average Bonchev–Trinajstić information content (AvgIpc) is 2.27. The first-order chi connectivity index (χ1) is 8.25. The summed E-state index contributed by atoms with van der Waals surface area (Å²) >= 11 is 5.87. The molecule has 0 radical (unpaired) electrons. The number of nitrogens with one attached hydrogen (secondary N) is 1. The van der Waals surface area contributed by atoms with Crippen molar-refractivity contribution in [3.05, 3.63) is 23.2 Å². The highest BCUT2D eigenvalue weighted by molar-refractivity contribution is 7.89. The van der Waals surface area contributed by atoms with Crippen molar-refractivity contribution < 1.29 is 13.5 Å². The van der Waals surface area contributed by atoms with E-state index in [1.807, 2.05) is 0 Å². The van der Waals surface area contributed by atoms with Crippen LogP contribution >= 0.6 is 11.6 Å². The largest absolute Gasteiger partial charge is 0.398 e. The van der Waals surface area contributed by atoms with Gasteiger partial charge in [0.2, 0.25) is 10.0 Å². The van der Waals surface area contributed by atoms with Gasteiger partial charge in [-0.05, 0) is 25.5 Å². The summed E-state index contributed by atoms with van der Waals surface area (Å²) in [6.07, 6.45) is 0.438. The van der Waals surface area contributed by atoms with E-state index in [-0.39, 0.29) is 22.2 Å². The Kier molecular flexibility index (Phi) is 4.61. The Morgan fingerprint density at radius 2 is 2.11 bits per heavy atom. The number of benzene rings is 1. The van der Waals surface area contributed by atoms with E-state index in [1.165, 1.54) is 12.1 Å². The van der Waals surface area contributed by atoms with E-state index in [9.17, 15) is 13.5 Å². The van der Waals surface area contributed by atoms with Crippen LogP contribution in [0.2, 0.25) is 5.02 Å². The lowest BCUT2D eigenvalue weighted by atomic mass is 10.0. The van der Waals surface area contributed by atoms with Crippen molar-refractivity contribution in [3.8, 4) is 0 Å². The minimum Gasteiger partial charge on any atom is -0.398 e. The summed E-state index contributed by atoms with van der Waals surface area (Å²) in [5.41, 5.74) is 4.78. The first-order valence-corrected chi connectivity index (χ1v) is 7.30. The third-order valence-corrected chi connectivity index (χ3v) is 4.96. The maximum Gasteiger partial charge on any atom is 0.244 e. The molecule has 0 saturated heterocycles. The standard InChI is InChI=1S/C11H17ClN2O3S/c1-3-11(2,7-15)14-18(16,17)10-8(12)5-4-6-9(10)13/h4-6,14-15H,3,7,13H2,1-2H3. The van der Waals surface area contributed by atoms with Crippen LogP contribution in [-0.4, -0.2) is 25.7 Å². The Morgan fingerprint density at radius 1 is 1.50 bits per heavy atom. The van der Waals surface area contributed by atoms with Crippen LogP contribution in [0.4, 0.5) is 5.69 Å². The number of aliphatic hydroxyl groups is 1. The second kappa shape index (κ2) is 5.44. The zero-order valence-corrected chi connectivity index (χ0v) is 11.8. The fourth-order valence-electron chi connectivity index (χ4n) is 1.40. The molecular weight excluding hydrogens is 276 g/mol. The number of nitrogen functional groups attached to an aromatic ring is 1. The molecule has 1 aromatic carbocycles. The van der Waals surface area contributed by atoms with Crippen molar-refractivity contribution in [2.75, 3.05) is 12.3 Å². The summed E-state index contributed by atoms with van der Waals surface area (Å²) in [6, 6.07) is 4.49. The molecule has 102 valence electrons. The van der Waals surface area contributed by atoms with Crippen molar-refractivity contribution in [3.63, 3.8) is 0 Å². The maximum absolute atomic E-state index is 12.2. The molecule has 0 fully saturated rings. The summed E-state index contributed by atoms with van der Waals surface area (Å²) in [5.74, 6) is 0. The van der Waals surface area contributed by atoms with Gasteiger partial charge in [-0.15, -0.1) is 0 Å². The highest BCUT2D eigenvalue weighted by Crippen LogP contribution is 2.28. The average molecular weight is 293 g/mol. The van der Waals surface area contributed by atoms with Gasteiger partial charge in [-0.25, -0.2) is 13.1 Å². The predicted octanol–water partition coefficient (Wildman–Crippen LogP) is 1.36. The fourth-order valence-corrected chi connectivity index (χ4v) is 3.55. The van der Waals surface area contributed by atoms with Gasteiger partial charge in [-0.2, -0.15) is 0 Å². The van der Waals surface area contributed by atoms with Gasteiger partial charge in [0.25, 0.3) is 0 Å². The summed E-state index contributed by atoms with van der Waals surface area (Å²) in [6.45, 7) is 3.07. The highest BCUT2D eigenvalue weighted by Gasteiger charge is 2.30. The van der Waals surface area contributed by atoms with E-state index in [0.29, 0.717) is 6.42 Å². The third kappa shape index (κ3) is 3.14. The van der Waals surface area contributed by atoms with Crippen LogP contribution in [0.15, 0.2) is 23.1 Å². The summed E-state index contributed by atoms with van der Waals surface area (Å²) in [7, 11) is -3.87. The molecule has 0 aliphatic heterocycles. The molecule has 18 heavy (non-hydrogen) atoms. The lowest BCUT2D eigenvalue weighted by molar-refractivity contribution is 0.191. The second-order valence-electron chi connectivity index (χ2n) is 4.34. The van der Waals surface area contributed by atoms with Crippen LogP contribution in [0.1, 0.15) is 20.3 Å². The summed E-state index contributed by atoms with van der Waals surface area (Å²) in [5, 5.41) is 9.30. The van der Waals surface area contributed by atoms with Crippen LogP contribution in [-0.2, 0) is 10.0 Å². The summed E-state index contributed by atoms with van der Waals surface area (Å²) in [4.78, 5) is -0.153. The smallest absolute Gasteiger partial charge is 0.244 e. The molecule has 5 nitrogen and oxygen atoms in total. The number of hydrogen-bond donors (Lipinski definition) is 3. The normalized spacial score (nSPS) is 15.3. The monoisotopic (exact) mass is 292 g/mol. The van der Waals surface area contributed by atoms with E-state index in [4.69, 9.17) is 17.3 Å². The van der Waals surface area contributed by atoms with Gasteiger partial charge in [0, 0.05) is 0 Å². The van der Waals surface area contributed by atoms with Crippen LogP contribution in [0, 0.1) is 0 Å². The van der Waals surface area contributed by atoms with E-state index >= 15 is 0 Å². The van der Waals surface area contributed by atoms with E-state index in [2.05, 4.69) is 4.72 Å². The molecule has 0 spiro atoms. The molecule has 1 rings (SSSR count). The molecule has 1 aromatic rings. The predicted molar refractivity (Wildman–Crippen MR) is 72.0 cm³/mol. The number of sulfonamides is 1. The van der Waals surface area contributed by atoms with Gasteiger partial charge in [-0.1, -0.05) is 24.6 Å². The number of anilines is 1.